The number of hydrogen-bond donors (Lipinski definition) is 1. The van der Waals surface area contributed by atoms with E-state index >= 15 is 0 Å². The van der Waals surface area contributed by atoms with E-state index in [1.807, 2.05) is 0 Å². The van der Waals surface area contributed by atoms with Crippen LogP contribution in [0.15, 0.2) is 18.2 Å². The summed E-state index contributed by atoms with van der Waals surface area (Å²) in [6, 6.07) is 6.95. The Labute approximate surface area is 110 Å². The molecule has 18 heavy (non-hydrogen) atoms. The lowest BCUT2D eigenvalue weighted by Crippen LogP contribution is -2.28. The average molecular weight is 245 g/mol. The lowest BCUT2D eigenvalue weighted by Gasteiger charge is -2.23. The summed E-state index contributed by atoms with van der Waals surface area (Å²) in [5.74, 6) is 0.861. The first kappa shape index (κ1) is 12.2. The van der Waals surface area contributed by atoms with Gasteiger partial charge in [0, 0.05) is 0 Å². The number of hydrogen-bond acceptors (Lipinski definition) is 2. The second-order valence-electron chi connectivity index (χ2n) is 6.19. The van der Waals surface area contributed by atoms with Gasteiger partial charge in [-0.2, -0.15) is 0 Å². The van der Waals surface area contributed by atoms with Crippen LogP contribution in [0.3, 0.4) is 0 Å². The molecule has 0 unspecified atom stereocenters. The van der Waals surface area contributed by atoms with Crippen LogP contribution in [-0.2, 0) is 23.4 Å². The van der Waals surface area contributed by atoms with E-state index in [1.165, 1.54) is 49.0 Å². The number of nitrogens with one attached hydrogen (secondary N) is 1. The zero-order valence-electron chi connectivity index (χ0n) is 11.5. The molecule has 3 rings (SSSR count). The van der Waals surface area contributed by atoms with Crippen LogP contribution in [-0.4, -0.2) is 13.1 Å². The highest BCUT2D eigenvalue weighted by molar-refractivity contribution is 5.38. The molecule has 0 amide bonds. The summed E-state index contributed by atoms with van der Waals surface area (Å²) in [5.41, 5.74) is 4.16. The third-order valence-corrected chi connectivity index (χ3v) is 4.39. The first-order chi connectivity index (χ1) is 8.65. The molecule has 2 aliphatic rings. The number of rotatable bonds is 2. The standard InChI is InChI=1S/C16H23NO/c1-16(2)15-4-3-13(10-14(15)11-18-16)9-12-5-7-17-8-6-12/h3-4,10,12,17H,5-9,11H2,1-2H3. The molecule has 98 valence electrons. The molecular formula is C16H23NO. The van der Waals surface area contributed by atoms with Crippen LogP contribution in [0.4, 0.5) is 0 Å². The predicted octanol–water partition coefficient (Wildman–Crippen LogP) is 2.99. The zero-order valence-corrected chi connectivity index (χ0v) is 11.5. The van der Waals surface area contributed by atoms with Crippen molar-refractivity contribution in [1.29, 1.82) is 0 Å². The largest absolute Gasteiger partial charge is 0.366 e. The molecule has 0 radical (unpaired) electrons. The zero-order chi connectivity index (χ0) is 12.6. The van der Waals surface area contributed by atoms with E-state index in [9.17, 15) is 0 Å². The maximum absolute atomic E-state index is 5.85. The Morgan fingerprint density at radius 3 is 2.83 bits per heavy atom. The maximum Gasteiger partial charge on any atom is 0.0883 e. The van der Waals surface area contributed by atoms with Crippen molar-refractivity contribution in [3.63, 3.8) is 0 Å². The fourth-order valence-electron chi connectivity index (χ4n) is 3.24. The molecule has 1 fully saturated rings. The molecule has 0 atom stereocenters. The molecule has 0 saturated carbocycles. The molecule has 2 aliphatic heterocycles. The number of ether oxygens (including phenoxy) is 1. The van der Waals surface area contributed by atoms with Crippen LogP contribution in [0.2, 0.25) is 0 Å². The highest BCUT2D eigenvalue weighted by Crippen LogP contribution is 2.36. The second-order valence-corrected chi connectivity index (χ2v) is 6.19. The monoisotopic (exact) mass is 245 g/mol. The van der Waals surface area contributed by atoms with E-state index < -0.39 is 0 Å². The first-order valence-corrected chi connectivity index (χ1v) is 7.12. The molecule has 2 heterocycles. The minimum Gasteiger partial charge on any atom is -0.366 e. The molecular weight excluding hydrogens is 222 g/mol. The number of piperidine rings is 1. The van der Waals surface area contributed by atoms with Crippen LogP contribution in [0, 0.1) is 5.92 Å². The smallest absolute Gasteiger partial charge is 0.0883 e. The van der Waals surface area contributed by atoms with Crippen LogP contribution in [0.1, 0.15) is 43.4 Å². The van der Waals surface area contributed by atoms with Crippen LogP contribution < -0.4 is 5.32 Å². The van der Waals surface area contributed by atoms with E-state index in [0.717, 1.165) is 12.5 Å². The normalized spacial score (nSPS) is 23.0. The summed E-state index contributed by atoms with van der Waals surface area (Å²) in [6.45, 7) is 7.47. The van der Waals surface area contributed by atoms with E-state index in [-0.39, 0.29) is 5.60 Å². The molecule has 0 aromatic heterocycles. The van der Waals surface area contributed by atoms with Crippen molar-refractivity contribution in [2.75, 3.05) is 13.1 Å². The first-order valence-electron chi connectivity index (χ1n) is 7.12. The molecule has 0 spiro atoms. The molecule has 0 aliphatic carbocycles. The summed E-state index contributed by atoms with van der Waals surface area (Å²) in [7, 11) is 0. The third kappa shape index (κ3) is 2.32. The van der Waals surface area contributed by atoms with E-state index in [4.69, 9.17) is 4.74 Å². The van der Waals surface area contributed by atoms with Gasteiger partial charge in [0.15, 0.2) is 0 Å². The second kappa shape index (κ2) is 4.67. The van der Waals surface area contributed by atoms with Gasteiger partial charge in [-0.05, 0) is 68.8 Å². The quantitative estimate of drug-likeness (QED) is 0.865. The molecule has 1 aromatic rings. The highest BCUT2D eigenvalue weighted by atomic mass is 16.5. The SMILES string of the molecule is CC1(C)OCc2cc(CC3CCNCC3)ccc21. The summed E-state index contributed by atoms with van der Waals surface area (Å²) in [4.78, 5) is 0. The van der Waals surface area contributed by atoms with Gasteiger partial charge in [0.25, 0.3) is 0 Å². The Hall–Kier alpha value is -0.860. The maximum atomic E-state index is 5.85. The Kier molecular flexibility index (Phi) is 3.16. The van der Waals surface area contributed by atoms with Gasteiger partial charge in [-0.15, -0.1) is 0 Å². The summed E-state index contributed by atoms with van der Waals surface area (Å²) in [6.07, 6.45) is 3.87. The predicted molar refractivity (Wildman–Crippen MR) is 73.6 cm³/mol. The topological polar surface area (TPSA) is 21.3 Å². The van der Waals surface area contributed by atoms with Crippen LogP contribution in [0.25, 0.3) is 0 Å². The molecule has 1 saturated heterocycles. The van der Waals surface area contributed by atoms with E-state index in [1.54, 1.807) is 0 Å². The van der Waals surface area contributed by atoms with Crippen molar-refractivity contribution < 1.29 is 4.74 Å². The molecule has 2 nitrogen and oxygen atoms in total. The molecule has 0 bridgehead atoms. The fraction of sp³-hybridized carbons (Fsp3) is 0.625. The Bertz CT molecular complexity index is 433. The fourth-order valence-corrected chi connectivity index (χ4v) is 3.24. The minimum atomic E-state index is -0.0946. The molecule has 1 N–H and O–H groups in total. The van der Waals surface area contributed by atoms with Gasteiger partial charge >= 0.3 is 0 Å². The van der Waals surface area contributed by atoms with Gasteiger partial charge in [-0.25, -0.2) is 0 Å². The van der Waals surface area contributed by atoms with E-state index in [0.29, 0.717) is 0 Å². The summed E-state index contributed by atoms with van der Waals surface area (Å²) < 4.78 is 5.85. The highest BCUT2D eigenvalue weighted by Gasteiger charge is 2.30. The Balaban J connectivity index is 1.75. The average Bonchev–Trinajstić information content (AvgIpc) is 2.66. The van der Waals surface area contributed by atoms with Crippen molar-refractivity contribution in [2.45, 2.75) is 45.3 Å². The van der Waals surface area contributed by atoms with Gasteiger partial charge in [-0.1, -0.05) is 18.2 Å². The molecule has 2 heteroatoms. The van der Waals surface area contributed by atoms with Gasteiger partial charge < -0.3 is 10.1 Å². The van der Waals surface area contributed by atoms with Crippen LogP contribution in [0.5, 0.6) is 0 Å². The Morgan fingerprint density at radius 1 is 1.28 bits per heavy atom. The lowest BCUT2D eigenvalue weighted by atomic mass is 9.88. The van der Waals surface area contributed by atoms with Crippen LogP contribution >= 0.6 is 0 Å². The van der Waals surface area contributed by atoms with Crippen molar-refractivity contribution in [3.8, 4) is 0 Å². The summed E-state index contributed by atoms with van der Waals surface area (Å²) >= 11 is 0. The van der Waals surface area contributed by atoms with Gasteiger partial charge in [0.05, 0.1) is 12.2 Å². The van der Waals surface area contributed by atoms with Gasteiger partial charge in [0.1, 0.15) is 0 Å². The molecule has 1 aromatic carbocycles. The van der Waals surface area contributed by atoms with Gasteiger partial charge in [-0.3, -0.25) is 0 Å². The number of fused-ring (bicyclic) bond motifs is 1. The van der Waals surface area contributed by atoms with E-state index in [2.05, 4.69) is 37.4 Å². The van der Waals surface area contributed by atoms with Crippen molar-refractivity contribution in [3.05, 3.63) is 34.9 Å². The minimum absolute atomic E-state index is 0.0946. The van der Waals surface area contributed by atoms with Gasteiger partial charge in [0.2, 0.25) is 0 Å². The summed E-state index contributed by atoms with van der Waals surface area (Å²) in [5, 5.41) is 3.43. The van der Waals surface area contributed by atoms with Crippen molar-refractivity contribution in [1.82, 2.24) is 5.32 Å². The van der Waals surface area contributed by atoms with Crippen molar-refractivity contribution in [2.24, 2.45) is 5.92 Å². The third-order valence-electron chi connectivity index (χ3n) is 4.39. The lowest BCUT2D eigenvalue weighted by molar-refractivity contribution is -0.00789. The van der Waals surface area contributed by atoms with Crippen molar-refractivity contribution >= 4 is 0 Å². The Morgan fingerprint density at radius 2 is 2.06 bits per heavy atom. The number of benzene rings is 1.